The Bertz CT molecular complexity index is 451. The number of carboxylic acid groups (broad SMARTS) is 1. The van der Waals surface area contributed by atoms with Crippen molar-refractivity contribution in [2.24, 2.45) is 0 Å². The van der Waals surface area contributed by atoms with Gasteiger partial charge in [0.15, 0.2) is 0 Å². The summed E-state index contributed by atoms with van der Waals surface area (Å²) in [6.07, 6.45) is 3.05. The van der Waals surface area contributed by atoms with Crippen molar-refractivity contribution in [2.45, 2.75) is 30.7 Å². The predicted octanol–water partition coefficient (Wildman–Crippen LogP) is 2.78. The molecule has 0 unspecified atom stereocenters. The molecule has 0 spiro atoms. The molecule has 0 aromatic heterocycles. The number of carbonyl (C=O) groups is 2. The van der Waals surface area contributed by atoms with Crippen LogP contribution in [0.1, 0.15) is 19.8 Å². The van der Waals surface area contributed by atoms with E-state index < -0.39 is 18.0 Å². The quantitative estimate of drug-likeness (QED) is 0.701. The Labute approximate surface area is 116 Å². The standard InChI is InChI=1S/C13H18N2O3S/c1-3-5-11(12(16)17)15-13(18)14-9-6-4-7-10(8-9)19-2/h4,6-8,11H,3,5H2,1-2H3,(H,16,17)(H2,14,15,18)/t11-/m1/s1. The summed E-state index contributed by atoms with van der Waals surface area (Å²) in [4.78, 5) is 23.7. The van der Waals surface area contributed by atoms with Crippen LogP contribution in [-0.4, -0.2) is 29.4 Å². The number of aliphatic carboxylic acids is 1. The van der Waals surface area contributed by atoms with Gasteiger partial charge in [0.2, 0.25) is 0 Å². The fourth-order valence-corrected chi connectivity index (χ4v) is 2.03. The summed E-state index contributed by atoms with van der Waals surface area (Å²) in [6, 6.07) is 6.01. The molecule has 1 aromatic carbocycles. The molecule has 0 aliphatic carbocycles. The van der Waals surface area contributed by atoms with Gasteiger partial charge in [-0.15, -0.1) is 11.8 Å². The Morgan fingerprint density at radius 2 is 2.16 bits per heavy atom. The maximum Gasteiger partial charge on any atom is 0.326 e. The fourth-order valence-electron chi connectivity index (χ4n) is 1.57. The lowest BCUT2D eigenvalue weighted by Gasteiger charge is -2.14. The topological polar surface area (TPSA) is 78.4 Å². The smallest absolute Gasteiger partial charge is 0.326 e. The Hall–Kier alpha value is -1.69. The molecule has 0 saturated heterocycles. The van der Waals surface area contributed by atoms with Crippen molar-refractivity contribution in [1.29, 1.82) is 0 Å². The minimum absolute atomic E-state index is 0.410. The van der Waals surface area contributed by atoms with E-state index in [1.807, 2.05) is 31.4 Å². The van der Waals surface area contributed by atoms with Crippen LogP contribution in [0.2, 0.25) is 0 Å². The van der Waals surface area contributed by atoms with Crippen molar-refractivity contribution in [3.05, 3.63) is 24.3 Å². The number of carboxylic acids is 1. The van der Waals surface area contributed by atoms with Gasteiger partial charge in [-0.3, -0.25) is 0 Å². The zero-order chi connectivity index (χ0) is 14.3. The van der Waals surface area contributed by atoms with Crippen LogP contribution in [0.5, 0.6) is 0 Å². The van der Waals surface area contributed by atoms with Crippen molar-refractivity contribution >= 4 is 29.4 Å². The summed E-state index contributed by atoms with van der Waals surface area (Å²) in [5, 5.41) is 14.0. The van der Waals surface area contributed by atoms with Crippen LogP contribution in [0.3, 0.4) is 0 Å². The molecule has 0 heterocycles. The SMILES string of the molecule is CCC[C@@H](NC(=O)Nc1cccc(SC)c1)C(=O)O. The Morgan fingerprint density at radius 3 is 2.74 bits per heavy atom. The van der Waals surface area contributed by atoms with E-state index in [1.54, 1.807) is 17.8 Å². The van der Waals surface area contributed by atoms with Crippen molar-refractivity contribution < 1.29 is 14.7 Å². The molecule has 1 rings (SSSR count). The molecule has 6 heteroatoms. The molecule has 0 aliphatic rings. The van der Waals surface area contributed by atoms with E-state index in [0.717, 1.165) is 4.90 Å². The molecule has 5 nitrogen and oxygen atoms in total. The first kappa shape index (κ1) is 15.4. The molecular weight excluding hydrogens is 264 g/mol. The molecule has 0 bridgehead atoms. The van der Waals surface area contributed by atoms with Crippen molar-refractivity contribution in [3.63, 3.8) is 0 Å². The maximum atomic E-state index is 11.7. The second kappa shape index (κ2) is 7.68. The van der Waals surface area contributed by atoms with E-state index in [0.29, 0.717) is 18.5 Å². The third-order valence-electron chi connectivity index (χ3n) is 2.51. The Balaban J connectivity index is 2.60. The summed E-state index contributed by atoms with van der Waals surface area (Å²) in [6.45, 7) is 1.87. The third kappa shape index (κ3) is 5.21. The Morgan fingerprint density at radius 1 is 1.42 bits per heavy atom. The second-order valence-electron chi connectivity index (χ2n) is 4.01. The molecule has 104 valence electrons. The molecule has 19 heavy (non-hydrogen) atoms. The minimum Gasteiger partial charge on any atom is -0.480 e. The monoisotopic (exact) mass is 282 g/mol. The van der Waals surface area contributed by atoms with Gasteiger partial charge in [0, 0.05) is 10.6 Å². The average molecular weight is 282 g/mol. The van der Waals surface area contributed by atoms with E-state index in [-0.39, 0.29) is 0 Å². The molecule has 0 radical (unpaired) electrons. The van der Waals surface area contributed by atoms with E-state index in [1.165, 1.54) is 0 Å². The second-order valence-corrected chi connectivity index (χ2v) is 4.89. The highest BCUT2D eigenvalue weighted by Crippen LogP contribution is 2.18. The summed E-state index contributed by atoms with van der Waals surface area (Å²) < 4.78 is 0. The molecule has 1 atom stereocenters. The largest absolute Gasteiger partial charge is 0.480 e. The summed E-state index contributed by atoms with van der Waals surface area (Å²) in [5.41, 5.74) is 0.644. The zero-order valence-corrected chi connectivity index (χ0v) is 11.8. The zero-order valence-electron chi connectivity index (χ0n) is 11.0. The number of rotatable bonds is 6. The van der Waals surface area contributed by atoms with Gasteiger partial charge in [0.25, 0.3) is 0 Å². The predicted molar refractivity (Wildman–Crippen MR) is 76.7 cm³/mol. The molecular formula is C13H18N2O3S. The first-order valence-corrected chi connectivity index (χ1v) is 7.23. The highest BCUT2D eigenvalue weighted by molar-refractivity contribution is 7.98. The van der Waals surface area contributed by atoms with Crippen molar-refractivity contribution in [3.8, 4) is 0 Å². The number of amides is 2. The van der Waals surface area contributed by atoms with E-state index in [4.69, 9.17) is 5.11 Å². The van der Waals surface area contributed by atoms with Gasteiger partial charge >= 0.3 is 12.0 Å². The number of thioether (sulfide) groups is 1. The summed E-state index contributed by atoms with van der Waals surface area (Å²) in [7, 11) is 0. The Kier molecular flexibility index (Phi) is 6.21. The van der Waals surface area contributed by atoms with Crippen LogP contribution in [0.4, 0.5) is 10.5 Å². The maximum absolute atomic E-state index is 11.7. The lowest BCUT2D eigenvalue weighted by molar-refractivity contribution is -0.139. The molecule has 3 N–H and O–H groups in total. The van der Waals surface area contributed by atoms with Gasteiger partial charge in [-0.25, -0.2) is 9.59 Å². The molecule has 0 aliphatic heterocycles. The molecule has 0 fully saturated rings. The minimum atomic E-state index is -1.02. The van der Waals surface area contributed by atoms with Crippen LogP contribution in [0.15, 0.2) is 29.2 Å². The van der Waals surface area contributed by atoms with Crippen LogP contribution in [0.25, 0.3) is 0 Å². The summed E-state index contributed by atoms with van der Waals surface area (Å²) in [5.74, 6) is -1.02. The molecule has 0 saturated carbocycles. The van der Waals surface area contributed by atoms with Gasteiger partial charge in [-0.2, -0.15) is 0 Å². The summed E-state index contributed by atoms with van der Waals surface area (Å²) >= 11 is 1.57. The van der Waals surface area contributed by atoms with Crippen molar-refractivity contribution in [2.75, 3.05) is 11.6 Å². The number of anilines is 1. The number of carbonyl (C=O) groups excluding carboxylic acids is 1. The highest BCUT2D eigenvalue weighted by Gasteiger charge is 2.18. The van der Waals surface area contributed by atoms with Crippen molar-refractivity contribution in [1.82, 2.24) is 5.32 Å². The number of benzene rings is 1. The van der Waals surface area contributed by atoms with Gasteiger partial charge in [0.1, 0.15) is 6.04 Å². The molecule has 2 amide bonds. The van der Waals surface area contributed by atoms with E-state index in [2.05, 4.69) is 10.6 Å². The normalized spacial score (nSPS) is 11.7. The lowest BCUT2D eigenvalue weighted by Crippen LogP contribution is -2.42. The van der Waals surface area contributed by atoms with E-state index in [9.17, 15) is 9.59 Å². The van der Waals surface area contributed by atoms with Gasteiger partial charge in [-0.05, 0) is 30.9 Å². The fraction of sp³-hybridized carbons (Fsp3) is 0.385. The number of hydrogen-bond acceptors (Lipinski definition) is 3. The van der Waals surface area contributed by atoms with Gasteiger partial charge < -0.3 is 15.7 Å². The number of urea groups is 1. The van der Waals surface area contributed by atoms with Crippen LogP contribution >= 0.6 is 11.8 Å². The van der Waals surface area contributed by atoms with Crippen LogP contribution in [-0.2, 0) is 4.79 Å². The van der Waals surface area contributed by atoms with Gasteiger partial charge in [0.05, 0.1) is 0 Å². The third-order valence-corrected chi connectivity index (χ3v) is 3.23. The van der Waals surface area contributed by atoms with Crippen LogP contribution in [0, 0.1) is 0 Å². The van der Waals surface area contributed by atoms with Gasteiger partial charge in [-0.1, -0.05) is 19.4 Å². The number of nitrogens with one attached hydrogen (secondary N) is 2. The average Bonchev–Trinajstić information content (AvgIpc) is 2.38. The lowest BCUT2D eigenvalue weighted by atomic mass is 10.2. The number of hydrogen-bond donors (Lipinski definition) is 3. The first-order valence-electron chi connectivity index (χ1n) is 6.01. The first-order chi connectivity index (χ1) is 9.06. The van der Waals surface area contributed by atoms with E-state index >= 15 is 0 Å². The highest BCUT2D eigenvalue weighted by atomic mass is 32.2. The van der Waals surface area contributed by atoms with Crippen LogP contribution < -0.4 is 10.6 Å². The molecule has 1 aromatic rings.